The van der Waals surface area contributed by atoms with Gasteiger partial charge in [-0.05, 0) is 19.1 Å². The molecule has 0 saturated carbocycles. The van der Waals surface area contributed by atoms with Gasteiger partial charge in [-0.15, -0.1) is 0 Å². The fourth-order valence-corrected chi connectivity index (χ4v) is 1.76. The Hall–Kier alpha value is -2.07. The highest BCUT2D eigenvalue weighted by molar-refractivity contribution is 5.47. The second-order valence-electron chi connectivity index (χ2n) is 4.07. The van der Waals surface area contributed by atoms with E-state index in [1.54, 1.807) is 13.1 Å². The molecule has 0 spiro atoms. The molecule has 0 radical (unpaired) electrons. The number of para-hydroxylation sites is 1. The molecule has 0 aliphatic heterocycles. The zero-order valence-electron chi connectivity index (χ0n) is 10.2. The molecule has 0 aliphatic carbocycles. The topological polar surface area (TPSA) is 65.4 Å². The molecule has 94 valence electrons. The van der Waals surface area contributed by atoms with Crippen molar-refractivity contribution in [2.45, 2.75) is 20.1 Å². The van der Waals surface area contributed by atoms with Gasteiger partial charge in [-0.25, -0.2) is 0 Å². The first-order valence-electron chi connectivity index (χ1n) is 5.78. The van der Waals surface area contributed by atoms with Gasteiger partial charge in [-0.3, -0.25) is 4.98 Å². The summed E-state index contributed by atoms with van der Waals surface area (Å²) in [5.41, 5.74) is 2.86. The van der Waals surface area contributed by atoms with Gasteiger partial charge >= 0.3 is 0 Å². The number of rotatable bonds is 4. The van der Waals surface area contributed by atoms with E-state index in [-0.39, 0.29) is 12.4 Å². The van der Waals surface area contributed by atoms with Gasteiger partial charge in [0.1, 0.15) is 5.75 Å². The molecule has 1 aromatic heterocycles. The summed E-state index contributed by atoms with van der Waals surface area (Å²) in [6, 6.07) is 9.71. The standard InChI is InChI=1S/C14H16N2O2/c1-10-14(18)13(11(9-17)7-15-10)8-16-12-5-3-2-4-6-12/h2-7,16-18H,8-9H2,1H3. The van der Waals surface area contributed by atoms with Crippen molar-refractivity contribution in [2.24, 2.45) is 0 Å². The molecule has 4 heteroatoms. The van der Waals surface area contributed by atoms with Gasteiger partial charge in [0.15, 0.2) is 0 Å². The highest BCUT2D eigenvalue weighted by atomic mass is 16.3. The van der Waals surface area contributed by atoms with Gasteiger partial charge in [0.25, 0.3) is 0 Å². The summed E-state index contributed by atoms with van der Waals surface area (Å²) in [6.07, 6.45) is 1.59. The molecule has 1 aromatic carbocycles. The molecule has 0 aliphatic rings. The van der Waals surface area contributed by atoms with Gasteiger partial charge < -0.3 is 15.5 Å². The van der Waals surface area contributed by atoms with Crippen LogP contribution in [0.1, 0.15) is 16.8 Å². The third-order valence-electron chi connectivity index (χ3n) is 2.84. The summed E-state index contributed by atoms with van der Waals surface area (Å²) in [4.78, 5) is 4.03. The van der Waals surface area contributed by atoms with E-state index in [9.17, 15) is 10.2 Å². The van der Waals surface area contributed by atoms with E-state index in [4.69, 9.17) is 0 Å². The van der Waals surface area contributed by atoms with Crippen molar-refractivity contribution in [3.63, 3.8) is 0 Å². The summed E-state index contributed by atoms with van der Waals surface area (Å²) >= 11 is 0. The summed E-state index contributed by atoms with van der Waals surface area (Å²) < 4.78 is 0. The first-order valence-corrected chi connectivity index (χ1v) is 5.78. The monoisotopic (exact) mass is 244 g/mol. The van der Waals surface area contributed by atoms with Crippen molar-refractivity contribution in [3.8, 4) is 5.75 Å². The normalized spacial score (nSPS) is 10.3. The van der Waals surface area contributed by atoms with E-state index >= 15 is 0 Å². The van der Waals surface area contributed by atoms with Crippen molar-refractivity contribution in [3.05, 3.63) is 53.3 Å². The van der Waals surface area contributed by atoms with Crippen LogP contribution in [0.25, 0.3) is 0 Å². The molecule has 18 heavy (non-hydrogen) atoms. The Balaban J connectivity index is 2.21. The molecule has 0 atom stereocenters. The number of aromatic hydroxyl groups is 1. The maximum atomic E-state index is 9.97. The van der Waals surface area contributed by atoms with Gasteiger partial charge in [0, 0.05) is 29.6 Å². The first-order chi connectivity index (χ1) is 8.72. The van der Waals surface area contributed by atoms with Crippen LogP contribution in [0.4, 0.5) is 5.69 Å². The lowest BCUT2D eigenvalue weighted by molar-refractivity contribution is 0.279. The van der Waals surface area contributed by atoms with Crippen molar-refractivity contribution in [1.82, 2.24) is 4.98 Å². The minimum atomic E-state index is -0.132. The average molecular weight is 244 g/mol. The molecule has 0 fully saturated rings. The van der Waals surface area contributed by atoms with Crippen LogP contribution >= 0.6 is 0 Å². The lowest BCUT2D eigenvalue weighted by atomic mass is 10.1. The number of nitrogens with one attached hydrogen (secondary N) is 1. The van der Waals surface area contributed by atoms with Gasteiger partial charge in [-0.1, -0.05) is 18.2 Å². The SMILES string of the molecule is Cc1ncc(CO)c(CNc2ccccc2)c1O. The summed E-state index contributed by atoms with van der Waals surface area (Å²) in [5.74, 6) is 0.144. The van der Waals surface area contributed by atoms with Crippen LogP contribution in [0.2, 0.25) is 0 Å². The van der Waals surface area contributed by atoms with Crippen molar-refractivity contribution in [2.75, 3.05) is 5.32 Å². The summed E-state index contributed by atoms with van der Waals surface area (Å²) in [5, 5.41) is 22.4. The summed E-state index contributed by atoms with van der Waals surface area (Å²) in [7, 11) is 0. The van der Waals surface area contributed by atoms with Crippen molar-refractivity contribution < 1.29 is 10.2 Å². The molecule has 0 saturated heterocycles. The number of benzene rings is 1. The van der Waals surface area contributed by atoms with Crippen LogP contribution in [0.3, 0.4) is 0 Å². The predicted molar refractivity (Wildman–Crippen MR) is 70.3 cm³/mol. The maximum Gasteiger partial charge on any atom is 0.142 e. The quantitative estimate of drug-likeness (QED) is 0.771. The number of nitrogens with zero attached hydrogens (tertiary/aromatic N) is 1. The Morgan fingerprint density at radius 2 is 1.94 bits per heavy atom. The smallest absolute Gasteiger partial charge is 0.142 e. The van der Waals surface area contributed by atoms with E-state index in [1.165, 1.54) is 0 Å². The number of aromatic nitrogens is 1. The molecule has 2 rings (SSSR count). The Bertz CT molecular complexity index is 527. The number of hydrogen-bond acceptors (Lipinski definition) is 4. The zero-order valence-corrected chi connectivity index (χ0v) is 10.2. The molecule has 0 unspecified atom stereocenters. The maximum absolute atomic E-state index is 9.97. The Labute approximate surface area is 106 Å². The third kappa shape index (κ3) is 2.60. The highest BCUT2D eigenvalue weighted by Gasteiger charge is 2.10. The van der Waals surface area contributed by atoms with Crippen LogP contribution in [-0.4, -0.2) is 15.2 Å². The lowest BCUT2D eigenvalue weighted by Gasteiger charge is -2.13. The molecular formula is C14H16N2O2. The number of anilines is 1. The fourth-order valence-electron chi connectivity index (χ4n) is 1.76. The van der Waals surface area contributed by atoms with Crippen LogP contribution in [0.5, 0.6) is 5.75 Å². The number of pyridine rings is 1. The van der Waals surface area contributed by atoms with E-state index < -0.39 is 0 Å². The second kappa shape index (κ2) is 5.51. The lowest BCUT2D eigenvalue weighted by Crippen LogP contribution is -2.05. The van der Waals surface area contributed by atoms with Crippen LogP contribution in [0, 0.1) is 6.92 Å². The van der Waals surface area contributed by atoms with Gasteiger partial charge in [0.2, 0.25) is 0 Å². The molecule has 4 nitrogen and oxygen atoms in total. The molecule has 2 aromatic rings. The Kier molecular flexibility index (Phi) is 3.79. The first kappa shape index (κ1) is 12.4. The Morgan fingerprint density at radius 3 is 2.61 bits per heavy atom. The minimum Gasteiger partial charge on any atom is -0.506 e. The van der Waals surface area contributed by atoms with Crippen LogP contribution in [0.15, 0.2) is 36.5 Å². The average Bonchev–Trinajstić information content (AvgIpc) is 2.41. The molecular weight excluding hydrogens is 228 g/mol. The van der Waals surface area contributed by atoms with Crippen LogP contribution < -0.4 is 5.32 Å². The largest absolute Gasteiger partial charge is 0.506 e. The van der Waals surface area contributed by atoms with Gasteiger partial charge in [0.05, 0.1) is 12.3 Å². The molecule has 3 N–H and O–H groups in total. The number of aliphatic hydroxyl groups is 1. The third-order valence-corrected chi connectivity index (χ3v) is 2.84. The van der Waals surface area contributed by atoms with Gasteiger partial charge in [-0.2, -0.15) is 0 Å². The summed E-state index contributed by atoms with van der Waals surface area (Å²) in [6.45, 7) is 2.06. The van der Waals surface area contributed by atoms with Crippen molar-refractivity contribution >= 4 is 5.69 Å². The number of hydrogen-bond donors (Lipinski definition) is 3. The second-order valence-corrected chi connectivity index (χ2v) is 4.07. The van der Waals surface area contributed by atoms with E-state index in [2.05, 4.69) is 10.3 Å². The zero-order chi connectivity index (χ0) is 13.0. The highest BCUT2D eigenvalue weighted by Crippen LogP contribution is 2.24. The predicted octanol–water partition coefficient (Wildman–Crippen LogP) is 2.20. The fraction of sp³-hybridized carbons (Fsp3) is 0.214. The van der Waals surface area contributed by atoms with E-state index in [1.807, 2.05) is 30.3 Å². The van der Waals surface area contributed by atoms with E-state index in [0.29, 0.717) is 23.4 Å². The van der Waals surface area contributed by atoms with Crippen molar-refractivity contribution in [1.29, 1.82) is 0 Å². The van der Waals surface area contributed by atoms with E-state index in [0.717, 1.165) is 5.69 Å². The Morgan fingerprint density at radius 1 is 1.22 bits per heavy atom. The molecule has 0 amide bonds. The number of aliphatic hydroxyl groups excluding tert-OH is 1. The minimum absolute atomic E-state index is 0.132. The van der Waals surface area contributed by atoms with Crippen LogP contribution in [-0.2, 0) is 13.2 Å². The molecule has 0 bridgehead atoms. The number of aryl methyl sites for hydroxylation is 1. The molecule has 1 heterocycles.